The van der Waals surface area contributed by atoms with E-state index in [9.17, 15) is 66.9 Å². The Morgan fingerprint density at radius 3 is 2.03 bits per heavy atom. The van der Waals surface area contributed by atoms with Crippen LogP contribution in [0.25, 0.3) is 11.2 Å². The van der Waals surface area contributed by atoms with Crippen molar-refractivity contribution in [1.82, 2.24) is 49.0 Å². The minimum atomic E-state index is -4.78. The second kappa shape index (κ2) is 35.9. The number of phosphoric acid groups is 1. The summed E-state index contributed by atoms with van der Waals surface area (Å²) in [6.07, 6.45) is -5.23. The largest absolute Gasteiger partial charge is 0.480 e. The summed E-state index contributed by atoms with van der Waals surface area (Å²) < 4.78 is 71.7. The predicted molar refractivity (Wildman–Crippen MR) is 303 cm³/mol. The number of alkyl halides is 2. The number of ether oxygens (including phenoxy) is 3. The van der Waals surface area contributed by atoms with Crippen LogP contribution in [-0.4, -0.2) is 177 Å². The number of fused-ring (bicyclic) bond motifs is 1. The van der Waals surface area contributed by atoms with Gasteiger partial charge in [-0.2, -0.15) is 28.7 Å². The lowest BCUT2D eigenvalue weighted by atomic mass is 10.1. The van der Waals surface area contributed by atoms with Gasteiger partial charge in [0.1, 0.15) is 42.4 Å². The van der Waals surface area contributed by atoms with Gasteiger partial charge in [0, 0.05) is 42.9 Å². The number of unbranched alkanes of at least 4 members (excludes halogenated alkanes) is 2. The number of hydrogen-bond donors (Lipinski definition) is 16. The normalized spacial score (nSPS) is 19.6. The second-order valence-electron chi connectivity index (χ2n) is 17.8. The number of phosphoric ester groups is 1. The zero-order valence-corrected chi connectivity index (χ0v) is 48.3. The van der Waals surface area contributed by atoms with Crippen LogP contribution in [0.4, 0.5) is 41.1 Å². The Morgan fingerprint density at radius 2 is 1.51 bits per heavy atom. The minimum absolute atomic E-state index is 0.0663. The molecule has 0 saturated carbocycles. The number of carbonyl (C=O) groups is 2. The number of aliphatic carboxylic acids is 1. The Kier molecular flexibility index (Phi) is 30.5. The number of rotatable bonds is 18. The van der Waals surface area contributed by atoms with Crippen LogP contribution in [0.15, 0.2) is 74.4 Å². The van der Waals surface area contributed by atoms with E-state index < -0.39 is 128 Å². The summed E-state index contributed by atoms with van der Waals surface area (Å²) in [6.45, 7) is 4.46. The number of aromatic amines is 3. The average molecular weight is 1300 g/mol. The highest BCUT2D eigenvalue weighted by molar-refractivity contribution is 7.46. The van der Waals surface area contributed by atoms with Gasteiger partial charge < -0.3 is 81.6 Å². The lowest BCUT2D eigenvalue weighted by Crippen LogP contribution is -2.36. The van der Waals surface area contributed by atoms with Crippen molar-refractivity contribution in [2.45, 2.75) is 94.7 Å². The molecule has 2 aliphatic rings. The molecule has 2 saturated heterocycles. The van der Waals surface area contributed by atoms with Crippen LogP contribution in [0.1, 0.15) is 51.1 Å². The topological polar surface area (TPSA) is 565 Å². The summed E-state index contributed by atoms with van der Waals surface area (Å²) >= 11 is 11.5. The number of hydrogen-bond acceptors (Lipinski definition) is 26. The number of benzene rings is 1. The van der Waals surface area contributed by atoms with Gasteiger partial charge in [-0.05, 0) is 43.5 Å². The van der Waals surface area contributed by atoms with Gasteiger partial charge in [0.05, 0.1) is 31.8 Å². The number of carboxylic acid groups (broad SMARTS) is 1. The fourth-order valence-corrected chi connectivity index (χ4v) is 8.07. The zero-order valence-electron chi connectivity index (χ0n) is 45.9. The number of nitrogens with one attached hydrogen (secondary N) is 4. The number of halogens is 5. The smallest absolute Gasteiger partial charge is 0.469 e. The van der Waals surface area contributed by atoms with Crippen molar-refractivity contribution in [3.05, 3.63) is 120 Å². The van der Waals surface area contributed by atoms with Crippen LogP contribution in [0, 0.1) is 17.7 Å². The second-order valence-corrected chi connectivity index (χ2v) is 19.8. The Bertz CT molecular complexity index is 3420. The Morgan fingerprint density at radius 1 is 0.874 bits per heavy atom. The SMILES string of the molecule is CCCCCOC(=O)Nc1nc(=O)n([C@@H]2O[C@H](C)[C@@H](O)[C@H]2O)cc1F.NN.N[C@@H](Cc1ccc(N(CCCl)CCCl)cc1)C(=O)O.Nc1cc[nH]c(=O)n1.Nc1nc(F)nc2c1ncn2[C@@H]1O[C@H](COP(=O)(O)O)[C@@H](O)[C@@H]1O.O=c1[nH]cc(F)c(=O)[nH]1. The summed E-state index contributed by atoms with van der Waals surface area (Å²) in [5, 5.41) is 50.4. The third-order valence-corrected chi connectivity index (χ3v) is 12.4. The van der Waals surface area contributed by atoms with E-state index in [0.29, 0.717) is 30.8 Å². The molecule has 41 heteroatoms. The molecule has 0 unspecified atom stereocenters. The number of aliphatic hydroxyl groups excluding tert-OH is 4. The molecule has 0 bridgehead atoms. The average Bonchev–Trinajstić information content (AvgIpc) is 1.78. The van der Waals surface area contributed by atoms with Gasteiger partial charge in [-0.25, -0.2) is 33.1 Å². The molecule has 1 aromatic carbocycles. The van der Waals surface area contributed by atoms with E-state index in [4.69, 9.17) is 69.5 Å². The molecule has 2 fully saturated rings. The Labute approximate surface area is 498 Å². The first-order valence-electron chi connectivity index (χ1n) is 25.3. The third-order valence-electron chi connectivity index (χ3n) is 11.5. The van der Waals surface area contributed by atoms with Crippen molar-refractivity contribution in [3.63, 3.8) is 0 Å². The van der Waals surface area contributed by atoms with Gasteiger partial charge in [-0.15, -0.1) is 23.2 Å². The monoisotopic (exact) mass is 1300 g/mol. The molecule has 87 heavy (non-hydrogen) atoms. The molecule has 0 spiro atoms. The van der Waals surface area contributed by atoms with E-state index in [-0.39, 0.29) is 29.4 Å². The van der Waals surface area contributed by atoms with Crippen LogP contribution < -0.4 is 61.7 Å². The van der Waals surface area contributed by atoms with Crippen LogP contribution in [-0.2, 0) is 34.5 Å². The maximum absolute atomic E-state index is 14.1. The van der Waals surface area contributed by atoms with E-state index in [1.54, 1.807) is 4.98 Å². The number of aromatic nitrogens is 10. The molecule has 5 aromatic heterocycles. The summed E-state index contributed by atoms with van der Waals surface area (Å²) in [6, 6.07) is 8.28. The van der Waals surface area contributed by atoms with Gasteiger partial charge >= 0.3 is 43.0 Å². The van der Waals surface area contributed by atoms with Gasteiger partial charge in [-0.3, -0.25) is 45.2 Å². The molecule has 0 radical (unpaired) electrons. The van der Waals surface area contributed by atoms with E-state index >= 15 is 0 Å². The first-order valence-corrected chi connectivity index (χ1v) is 27.9. The lowest BCUT2D eigenvalue weighted by Gasteiger charge is -2.23. The summed E-state index contributed by atoms with van der Waals surface area (Å²) in [7, 11) is -4.78. The van der Waals surface area contributed by atoms with Crippen LogP contribution in [0.2, 0.25) is 0 Å². The molecule has 8 rings (SSSR count). The number of amides is 1. The first-order chi connectivity index (χ1) is 41.1. The number of carbonyl (C=O) groups excluding carboxylic acids is 1. The quantitative estimate of drug-likeness (QED) is 0.0114. The molecule has 482 valence electrons. The number of hydrazine groups is 1. The number of aliphatic hydroxyl groups is 4. The van der Waals surface area contributed by atoms with Crippen LogP contribution in [0.5, 0.6) is 0 Å². The van der Waals surface area contributed by atoms with Crippen LogP contribution in [0.3, 0.4) is 0 Å². The minimum Gasteiger partial charge on any atom is -0.480 e. The van der Waals surface area contributed by atoms with Crippen molar-refractivity contribution in [3.8, 4) is 0 Å². The van der Waals surface area contributed by atoms with E-state index in [0.717, 1.165) is 58.8 Å². The van der Waals surface area contributed by atoms with Crippen molar-refractivity contribution < 1.29 is 81.4 Å². The molecule has 21 N–H and O–H groups in total. The molecule has 2 aliphatic heterocycles. The molecular formula is C46H65Cl2F3N17O18P. The Hall–Kier alpha value is -7.53. The van der Waals surface area contributed by atoms with Crippen molar-refractivity contribution in [2.24, 2.45) is 17.4 Å². The standard InChI is InChI=1S/C15H22FN3O6.C13H18Cl2N2O2.C10H13FN5O7P.C4H3FN2O2.C4H5N3O.H4N2/c1-3-4-5-6-24-15(23)18-12-9(16)7-19(14(22)17-12)13-11(21)10(20)8(2)25-13;14-5-7-17(8-6-15)11-3-1-10(2-4-11)9-12(16)13(18)19;11-10-14-7(12)4-8(15-10)16(2-13-4)9-6(18)5(17)3(23-9)1-22-24(19,20)21;5-2-1-6-4(9)7-3(2)8;5-3-1-2-6-4(8)7-3;1-2/h7-8,10-11,13,20-21H,3-6H2,1-2H3,(H,17,18,22,23);1-4,12H,5-9,16H2,(H,18,19);2-3,5-6,9,17-18H,1H2,(H2,12,14,15)(H2,19,20,21);1H,(H2,6,7,8,9);1-2H,(H3,5,6,7,8);1-2H2/t8-,10-,11-,13-;12-;3-,5-,6+,9-;;;/m101.../s1. The maximum Gasteiger partial charge on any atom is 0.469 e. The summed E-state index contributed by atoms with van der Waals surface area (Å²) in [4.78, 5) is 108. The highest BCUT2D eigenvalue weighted by Gasteiger charge is 2.45. The van der Waals surface area contributed by atoms with Gasteiger partial charge in [-0.1, -0.05) is 31.9 Å². The zero-order chi connectivity index (χ0) is 65.3. The van der Waals surface area contributed by atoms with Crippen molar-refractivity contribution >= 4 is 77.4 Å². The maximum atomic E-state index is 14.1. The fourth-order valence-electron chi connectivity index (χ4n) is 7.32. The number of H-pyrrole nitrogens is 3. The van der Waals surface area contributed by atoms with Gasteiger partial charge in [0.25, 0.3) is 5.56 Å². The predicted octanol–water partition coefficient (Wildman–Crippen LogP) is -1.67. The van der Waals surface area contributed by atoms with Crippen molar-refractivity contribution in [1.29, 1.82) is 0 Å². The number of nitrogens with two attached hydrogens (primary N) is 5. The van der Waals surface area contributed by atoms with Crippen LogP contribution >= 0.6 is 31.0 Å². The number of carboxylic acids is 1. The van der Waals surface area contributed by atoms with Gasteiger partial charge in [0.15, 0.2) is 41.1 Å². The molecule has 35 nitrogen and oxygen atoms in total. The number of nitrogen functional groups attached to an aromatic ring is 2. The molecule has 1 amide bonds. The molecular weight excluding hydrogens is 1240 g/mol. The molecule has 0 aliphatic carbocycles. The highest BCUT2D eigenvalue weighted by atomic mass is 35.5. The third kappa shape index (κ3) is 23.3. The van der Waals surface area contributed by atoms with Crippen molar-refractivity contribution in [2.75, 3.05) is 59.7 Å². The van der Waals surface area contributed by atoms with E-state index in [2.05, 4.69) is 56.3 Å². The highest BCUT2D eigenvalue weighted by Crippen LogP contribution is 2.39. The summed E-state index contributed by atoms with van der Waals surface area (Å²) in [5.74, 6) is 5.52. The molecule has 7 heterocycles. The van der Waals surface area contributed by atoms with E-state index in [1.807, 2.05) is 36.2 Å². The molecule has 6 aromatic rings. The lowest BCUT2D eigenvalue weighted by molar-refractivity contribution is -0.138. The van der Waals surface area contributed by atoms with Gasteiger partial charge in [0.2, 0.25) is 5.82 Å². The summed E-state index contributed by atoms with van der Waals surface area (Å²) in [5.41, 5.74) is 15.0. The van der Waals surface area contributed by atoms with E-state index in [1.165, 1.54) is 19.2 Å². The molecule has 9 atom stereocenters. The number of imidazole rings is 1. The number of nitrogens with zero attached hydrogens (tertiary/aromatic N) is 8. The first kappa shape index (κ1) is 73.7. The fraction of sp³-hybridized carbons (Fsp3) is 0.457. The Balaban J connectivity index is 0.000000298. The number of anilines is 4.